The molecule has 1 N–H and O–H groups in total. The standard InChI is InChI=1S/C20H16N4O2/c25-20(26)19-21-23(17-12-6-2-7-13-17)24(18-14-8-3-9-15-18)22(19)16-10-4-1-5-11-16/h1-15H,(H,25,26). The van der Waals surface area contributed by atoms with E-state index in [4.69, 9.17) is 0 Å². The lowest BCUT2D eigenvalue weighted by Crippen LogP contribution is -2.50. The minimum Gasteiger partial charge on any atom is -0.475 e. The summed E-state index contributed by atoms with van der Waals surface area (Å²) in [6.07, 6.45) is 0. The number of hydrazine groups is 2. The Hall–Kier alpha value is -3.80. The lowest BCUT2D eigenvalue weighted by molar-refractivity contribution is -0.129. The third-order valence-electron chi connectivity index (χ3n) is 3.93. The Balaban J connectivity index is 1.89. The number of amidine groups is 1. The number of hydrogen-bond acceptors (Lipinski definition) is 5. The number of hydrogen-bond donors (Lipinski definition) is 1. The largest absolute Gasteiger partial charge is 0.475 e. The molecule has 0 bridgehead atoms. The van der Waals surface area contributed by atoms with E-state index in [1.807, 2.05) is 91.0 Å². The summed E-state index contributed by atoms with van der Waals surface area (Å²) >= 11 is 0. The maximum atomic E-state index is 11.9. The molecule has 0 aliphatic carbocycles. The van der Waals surface area contributed by atoms with E-state index in [-0.39, 0.29) is 5.84 Å². The van der Waals surface area contributed by atoms with E-state index in [9.17, 15) is 9.90 Å². The number of carbonyl (C=O) groups is 1. The van der Waals surface area contributed by atoms with Crippen molar-refractivity contribution in [1.82, 2.24) is 0 Å². The maximum absolute atomic E-state index is 11.9. The second kappa shape index (κ2) is 6.60. The van der Waals surface area contributed by atoms with Crippen LogP contribution in [0.4, 0.5) is 17.1 Å². The third kappa shape index (κ3) is 2.73. The van der Waals surface area contributed by atoms with E-state index >= 15 is 0 Å². The molecule has 1 heterocycles. The van der Waals surface area contributed by atoms with Gasteiger partial charge in [0.25, 0.3) is 5.84 Å². The fourth-order valence-electron chi connectivity index (χ4n) is 2.80. The second-order valence-corrected chi connectivity index (χ2v) is 5.63. The van der Waals surface area contributed by atoms with Gasteiger partial charge >= 0.3 is 5.97 Å². The summed E-state index contributed by atoms with van der Waals surface area (Å²) in [5.74, 6) is -1.18. The van der Waals surface area contributed by atoms with E-state index in [0.29, 0.717) is 5.69 Å². The lowest BCUT2D eigenvalue weighted by Gasteiger charge is -2.35. The molecule has 3 aromatic carbocycles. The first kappa shape index (κ1) is 15.7. The van der Waals surface area contributed by atoms with Crippen LogP contribution in [0, 0.1) is 0 Å². The van der Waals surface area contributed by atoms with Gasteiger partial charge in [0.15, 0.2) is 0 Å². The lowest BCUT2D eigenvalue weighted by atomic mass is 10.3. The van der Waals surface area contributed by atoms with Gasteiger partial charge in [-0.1, -0.05) is 54.6 Å². The molecule has 128 valence electrons. The Kier molecular flexibility index (Phi) is 3.99. The number of carboxylic acid groups (broad SMARTS) is 1. The number of para-hydroxylation sites is 3. The normalized spacial score (nSPS) is 13.7. The van der Waals surface area contributed by atoms with Crippen LogP contribution in [0.2, 0.25) is 0 Å². The highest BCUT2D eigenvalue weighted by molar-refractivity contribution is 6.41. The first-order valence-electron chi connectivity index (χ1n) is 8.13. The number of anilines is 3. The summed E-state index contributed by atoms with van der Waals surface area (Å²) in [5, 5.41) is 19.0. The first-order valence-corrected chi connectivity index (χ1v) is 8.13. The van der Waals surface area contributed by atoms with Crippen molar-refractivity contribution < 1.29 is 9.90 Å². The molecular weight excluding hydrogens is 328 g/mol. The Morgan fingerprint density at radius 3 is 1.65 bits per heavy atom. The zero-order valence-corrected chi connectivity index (χ0v) is 13.8. The molecule has 0 spiro atoms. The fourth-order valence-corrected chi connectivity index (χ4v) is 2.80. The Labute approximate surface area is 150 Å². The number of carboxylic acids is 1. The molecule has 3 aromatic rings. The molecule has 4 rings (SSSR count). The van der Waals surface area contributed by atoms with Crippen molar-refractivity contribution in [2.24, 2.45) is 5.10 Å². The molecule has 6 heteroatoms. The minimum atomic E-state index is -1.10. The van der Waals surface area contributed by atoms with Gasteiger partial charge in [-0.2, -0.15) is 10.2 Å². The molecule has 0 aromatic heterocycles. The van der Waals surface area contributed by atoms with E-state index < -0.39 is 5.97 Å². The summed E-state index contributed by atoms with van der Waals surface area (Å²) < 4.78 is 0. The van der Waals surface area contributed by atoms with Crippen LogP contribution in [0.5, 0.6) is 0 Å². The average Bonchev–Trinajstić information content (AvgIpc) is 3.11. The van der Waals surface area contributed by atoms with Gasteiger partial charge < -0.3 is 5.11 Å². The van der Waals surface area contributed by atoms with Crippen molar-refractivity contribution in [3.63, 3.8) is 0 Å². The predicted molar refractivity (Wildman–Crippen MR) is 102 cm³/mol. The molecule has 26 heavy (non-hydrogen) atoms. The van der Waals surface area contributed by atoms with Crippen LogP contribution >= 0.6 is 0 Å². The van der Waals surface area contributed by atoms with Gasteiger partial charge in [-0.25, -0.2) is 9.80 Å². The van der Waals surface area contributed by atoms with Crippen LogP contribution in [0.3, 0.4) is 0 Å². The molecule has 1 aliphatic heterocycles. The van der Waals surface area contributed by atoms with Crippen molar-refractivity contribution >= 4 is 28.9 Å². The summed E-state index contributed by atoms with van der Waals surface area (Å²) in [6.45, 7) is 0. The number of rotatable bonds is 4. The number of hydrazone groups is 1. The minimum absolute atomic E-state index is 0.0797. The van der Waals surface area contributed by atoms with Crippen LogP contribution in [0.25, 0.3) is 0 Å². The highest BCUT2D eigenvalue weighted by Gasteiger charge is 2.38. The second-order valence-electron chi connectivity index (χ2n) is 5.63. The van der Waals surface area contributed by atoms with Crippen LogP contribution in [-0.4, -0.2) is 16.9 Å². The van der Waals surface area contributed by atoms with Gasteiger partial charge in [0.1, 0.15) is 0 Å². The number of nitrogens with zero attached hydrogens (tertiary/aromatic N) is 4. The molecule has 0 atom stereocenters. The van der Waals surface area contributed by atoms with Gasteiger partial charge in [-0.15, -0.1) is 5.10 Å². The van der Waals surface area contributed by atoms with E-state index in [2.05, 4.69) is 5.10 Å². The molecule has 0 amide bonds. The summed E-state index contributed by atoms with van der Waals surface area (Å²) in [7, 11) is 0. The first-order chi connectivity index (χ1) is 12.8. The predicted octanol–water partition coefficient (Wildman–Crippen LogP) is 3.75. The topological polar surface area (TPSA) is 59.4 Å². The van der Waals surface area contributed by atoms with Crippen molar-refractivity contribution in [2.75, 3.05) is 15.2 Å². The zero-order chi connectivity index (χ0) is 17.9. The van der Waals surface area contributed by atoms with Crippen molar-refractivity contribution in [3.8, 4) is 0 Å². The van der Waals surface area contributed by atoms with E-state index in [1.54, 1.807) is 15.2 Å². The fraction of sp³-hybridized carbons (Fsp3) is 0. The molecule has 0 saturated carbocycles. The van der Waals surface area contributed by atoms with Crippen molar-refractivity contribution in [1.29, 1.82) is 0 Å². The van der Waals surface area contributed by atoms with E-state index in [0.717, 1.165) is 11.4 Å². The van der Waals surface area contributed by atoms with Crippen LogP contribution in [0.15, 0.2) is 96.1 Å². The maximum Gasteiger partial charge on any atom is 0.375 e. The Bertz CT molecular complexity index is 930. The van der Waals surface area contributed by atoms with Gasteiger partial charge in [0.05, 0.1) is 17.1 Å². The monoisotopic (exact) mass is 344 g/mol. The van der Waals surface area contributed by atoms with Crippen LogP contribution in [0.1, 0.15) is 0 Å². The molecule has 1 aliphatic rings. The van der Waals surface area contributed by atoms with Crippen LogP contribution in [-0.2, 0) is 4.79 Å². The molecule has 0 unspecified atom stereocenters. The van der Waals surface area contributed by atoms with Gasteiger partial charge in [-0.3, -0.25) is 0 Å². The zero-order valence-electron chi connectivity index (χ0n) is 13.8. The smallest absolute Gasteiger partial charge is 0.375 e. The van der Waals surface area contributed by atoms with Crippen molar-refractivity contribution in [3.05, 3.63) is 91.0 Å². The Morgan fingerprint density at radius 2 is 1.15 bits per heavy atom. The molecular formula is C20H16N4O2. The quantitative estimate of drug-likeness (QED) is 0.781. The van der Waals surface area contributed by atoms with Crippen molar-refractivity contribution in [2.45, 2.75) is 0 Å². The third-order valence-corrected chi connectivity index (χ3v) is 3.93. The summed E-state index contributed by atoms with van der Waals surface area (Å²) in [5.41, 5.74) is 2.25. The van der Waals surface area contributed by atoms with Gasteiger partial charge in [0, 0.05) is 0 Å². The summed E-state index contributed by atoms with van der Waals surface area (Å²) in [6, 6.07) is 28.3. The molecule has 0 fully saturated rings. The number of aliphatic carboxylic acids is 1. The van der Waals surface area contributed by atoms with Gasteiger partial charge in [0.2, 0.25) is 0 Å². The average molecular weight is 344 g/mol. The molecule has 0 saturated heterocycles. The number of benzene rings is 3. The SMILES string of the molecule is O=C(O)C1=NN(c2ccccc2)N(c2ccccc2)N1c1ccccc1. The highest BCUT2D eigenvalue weighted by Crippen LogP contribution is 2.32. The van der Waals surface area contributed by atoms with Crippen LogP contribution < -0.4 is 15.2 Å². The molecule has 0 radical (unpaired) electrons. The summed E-state index contributed by atoms with van der Waals surface area (Å²) in [4.78, 5) is 11.9. The van der Waals surface area contributed by atoms with E-state index in [1.165, 1.54) is 0 Å². The van der Waals surface area contributed by atoms with Gasteiger partial charge in [-0.05, 0) is 36.4 Å². The Morgan fingerprint density at radius 1 is 0.692 bits per heavy atom. The highest BCUT2D eigenvalue weighted by atomic mass is 16.4. The molecule has 6 nitrogen and oxygen atoms in total.